The Balaban J connectivity index is 2.53. The van der Waals surface area contributed by atoms with Crippen molar-refractivity contribution < 1.29 is 4.21 Å². The van der Waals surface area contributed by atoms with E-state index in [0.717, 1.165) is 11.5 Å². The molecule has 0 radical (unpaired) electrons. The van der Waals surface area contributed by atoms with Gasteiger partial charge < -0.3 is 0 Å². The highest BCUT2D eigenvalue weighted by Gasteiger charge is 2.18. The van der Waals surface area contributed by atoms with E-state index in [1.54, 1.807) is 0 Å². The quantitative estimate of drug-likeness (QED) is 0.361. The van der Waals surface area contributed by atoms with E-state index in [9.17, 15) is 4.21 Å². The van der Waals surface area contributed by atoms with E-state index in [0.29, 0.717) is 0 Å². The number of hydrogen-bond donors (Lipinski definition) is 1. The Kier molecular flexibility index (Phi) is 1.20. The lowest BCUT2D eigenvalue weighted by molar-refractivity contribution is 0.669. The maximum absolute atomic E-state index is 10.7. The molecular formula is C3H7IOS. The average molecular weight is 218 g/mol. The SMILES string of the molecule is O=[SH]1(I)CCC1. The largest absolute Gasteiger partial charge is 0.275 e. The second-order valence-corrected chi connectivity index (χ2v) is 9.34. The summed E-state index contributed by atoms with van der Waals surface area (Å²) in [5.41, 5.74) is 0. The van der Waals surface area contributed by atoms with Crippen LogP contribution >= 0.6 is 21.2 Å². The second-order valence-electron chi connectivity index (χ2n) is 1.59. The molecule has 0 saturated carbocycles. The fourth-order valence-electron chi connectivity index (χ4n) is 0.407. The van der Waals surface area contributed by atoms with Gasteiger partial charge in [0.2, 0.25) is 0 Å². The van der Waals surface area contributed by atoms with Crippen molar-refractivity contribution >= 4 is 28.3 Å². The zero-order chi connectivity index (χ0) is 4.62. The molecule has 1 heterocycles. The normalized spacial score (nSPS) is 34.2. The van der Waals surface area contributed by atoms with Crippen LogP contribution in [0.5, 0.6) is 0 Å². The molecule has 0 bridgehead atoms. The Morgan fingerprint density at radius 2 is 1.83 bits per heavy atom. The molecular weight excluding hydrogens is 211 g/mol. The minimum Gasteiger partial charge on any atom is -0.275 e. The Morgan fingerprint density at radius 1 is 1.50 bits per heavy atom. The molecule has 0 spiro atoms. The van der Waals surface area contributed by atoms with Gasteiger partial charge in [-0.2, -0.15) is 0 Å². The van der Waals surface area contributed by atoms with Crippen molar-refractivity contribution in [3.05, 3.63) is 0 Å². The third kappa shape index (κ3) is 0.932. The summed E-state index contributed by atoms with van der Waals surface area (Å²) in [7, 11) is -1.50. The lowest BCUT2D eigenvalue weighted by Crippen LogP contribution is -2.24. The molecule has 1 nitrogen and oxygen atoms in total. The molecule has 1 rings (SSSR count). The summed E-state index contributed by atoms with van der Waals surface area (Å²) in [5.74, 6) is 1.99. The van der Waals surface area contributed by atoms with Crippen molar-refractivity contribution in [2.75, 3.05) is 11.5 Å². The average Bonchev–Trinajstić information content (AvgIpc) is 1.32. The van der Waals surface area contributed by atoms with Crippen LogP contribution in [0.25, 0.3) is 0 Å². The smallest absolute Gasteiger partial charge is 0.0103 e. The van der Waals surface area contributed by atoms with Crippen LogP contribution < -0.4 is 0 Å². The van der Waals surface area contributed by atoms with Gasteiger partial charge in [0.15, 0.2) is 0 Å². The number of rotatable bonds is 0. The van der Waals surface area contributed by atoms with Crippen LogP contribution in [0.15, 0.2) is 0 Å². The minimum absolute atomic E-state index is 0.994. The van der Waals surface area contributed by atoms with E-state index in [-0.39, 0.29) is 0 Å². The van der Waals surface area contributed by atoms with Crippen molar-refractivity contribution in [3.8, 4) is 0 Å². The van der Waals surface area contributed by atoms with E-state index < -0.39 is 7.10 Å². The Labute approximate surface area is 50.5 Å². The lowest BCUT2D eigenvalue weighted by atomic mass is 10.5. The predicted molar refractivity (Wildman–Crippen MR) is 37.9 cm³/mol. The highest BCUT2D eigenvalue weighted by Crippen LogP contribution is 2.25. The van der Waals surface area contributed by atoms with E-state index >= 15 is 0 Å². The van der Waals surface area contributed by atoms with Gasteiger partial charge in [0.25, 0.3) is 0 Å². The first-order valence-electron chi connectivity index (χ1n) is 1.98. The minimum atomic E-state index is -1.50. The highest BCUT2D eigenvalue weighted by atomic mass is 127. The lowest BCUT2D eigenvalue weighted by Gasteiger charge is -2.24. The first-order valence-corrected chi connectivity index (χ1v) is 6.85. The summed E-state index contributed by atoms with van der Waals surface area (Å²) in [5, 5.41) is 0. The van der Waals surface area contributed by atoms with Crippen molar-refractivity contribution in [2.24, 2.45) is 0 Å². The first kappa shape index (κ1) is 5.03. The molecule has 38 valence electrons. The van der Waals surface area contributed by atoms with E-state index in [1.165, 1.54) is 6.42 Å². The molecule has 0 aromatic rings. The molecule has 1 aliphatic rings. The van der Waals surface area contributed by atoms with Gasteiger partial charge in [-0.15, -0.1) is 0 Å². The van der Waals surface area contributed by atoms with Crippen molar-refractivity contribution in [1.82, 2.24) is 0 Å². The van der Waals surface area contributed by atoms with Crippen LogP contribution in [0.2, 0.25) is 0 Å². The zero-order valence-electron chi connectivity index (χ0n) is 3.35. The Hall–Kier alpha value is 0.880. The van der Waals surface area contributed by atoms with Gasteiger partial charge in [-0.05, 0) is 6.42 Å². The molecule has 0 unspecified atom stereocenters. The Bertz CT molecular complexity index is 93.0. The van der Waals surface area contributed by atoms with Crippen LogP contribution in [0.1, 0.15) is 6.42 Å². The summed E-state index contributed by atoms with van der Waals surface area (Å²) in [6.07, 6.45) is 1.19. The second kappa shape index (κ2) is 1.43. The molecule has 0 aromatic carbocycles. The van der Waals surface area contributed by atoms with Gasteiger partial charge in [0, 0.05) is 32.7 Å². The van der Waals surface area contributed by atoms with Crippen LogP contribution in [0, 0.1) is 0 Å². The summed E-state index contributed by atoms with van der Waals surface area (Å²) in [4.78, 5) is 0. The van der Waals surface area contributed by atoms with Gasteiger partial charge in [0.1, 0.15) is 0 Å². The summed E-state index contributed by atoms with van der Waals surface area (Å²) in [6.45, 7) is 0. The first-order chi connectivity index (χ1) is 2.71. The van der Waals surface area contributed by atoms with Gasteiger partial charge in [-0.25, -0.2) is 0 Å². The molecule has 1 aliphatic heterocycles. The molecule has 3 heteroatoms. The molecule has 1 saturated heterocycles. The van der Waals surface area contributed by atoms with Gasteiger partial charge >= 0.3 is 0 Å². The van der Waals surface area contributed by atoms with Crippen LogP contribution in [-0.4, -0.2) is 15.7 Å². The summed E-state index contributed by atoms with van der Waals surface area (Å²) >= 11 is 2.08. The van der Waals surface area contributed by atoms with Gasteiger partial charge in [-0.3, -0.25) is 4.21 Å². The molecule has 0 aromatic heterocycles. The molecule has 1 fully saturated rings. The number of thiol groups is 1. The maximum Gasteiger partial charge on any atom is 0.0103 e. The van der Waals surface area contributed by atoms with E-state index in [1.807, 2.05) is 0 Å². The molecule has 0 N–H and O–H groups in total. The van der Waals surface area contributed by atoms with E-state index in [2.05, 4.69) is 21.2 Å². The van der Waals surface area contributed by atoms with Crippen LogP contribution in [0.4, 0.5) is 0 Å². The zero-order valence-corrected chi connectivity index (χ0v) is 6.41. The Morgan fingerprint density at radius 3 is 1.83 bits per heavy atom. The topological polar surface area (TPSA) is 17.1 Å². The van der Waals surface area contributed by atoms with Crippen LogP contribution in [0.3, 0.4) is 0 Å². The standard InChI is InChI=1S/C3H7IOS/c4-6(5)2-1-3-6/h6H,1-3H2. The number of hydrogen-bond acceptors (Lipinski definition) is 1. The molecule has 0 aliphatic carbocycles. The monoisotopic (exact) mass is 218 g/mol. The fraction of sp³-hybridized carbons (Fsp3) is 1.00. The predicted octanol–water partition coefficient (Wildman–Crippen LogP) is 0.757. The van der Waals surface area contributed by atoms with Crippen molar-refractivity contribution in [1.29, 1.82) is 0 Å². The van der Waals surface area contributed by atoms with Crippen LogP contribution in [-0.2, 0) is 7.10 Å². The summed E-state index contributed by atoms with van der Waals surface area (Å²) in [6, 6.07) is 0. The highest BCUT2D eigenvalue weighted by molar-refractivity contribution is 14.2. The van der Waals surface area contributed by atoms with Gasteiger partial charge in [0.05, 0.1) is 0 Å². The molecule has 6 heavy (non-hydrogen) atoms. The maximum atomic E-state index is 10.7. The third-order valence-corrected chi connectivity index (χ3v) is 5.85. The third-order valence-electron chi connectivity index (χ3n) is 0.984. The van der Waals surface area contributed by atoms with Gasteiger partial charge in [-0.1, -0.05) is 7.10 Å². The number of halogens is 1. The molecule has 0 atom stereocenters. The summed E-state index contributed by atoms with van der Waals surface area (Å²) < 4.78 is 10.7. The van der Waals surface area contributed by atoms with Crippen molar-refractivity contribution in [3.63, 3.8) is 0 Å². The van der Waals surface area contributed by atoms with Crippen molar-refractivity contribution in [2.45, 2.75) is 6.42 Å². The fourth-order valence-corrected chi connectivity index (χ4v) is 3.27. The molecule has 0 amide bonds. The van der Waals surface area contributed by atoms with E-state index in [4.69, 9.17) is 0 Å².